The standard InChI is InChI=1S/C5H10N2O4/c8-4(9)7-2-1-6-3-5(7,10)11/h6,10-11H,1-3H2,(H,8,9). The zero-order valence-electron chi connectivity index (χ0n) is 5.82. The third-order valence-electron chi connectivity index (χ3n) is 1.54. The summed E-state index contributed by atoms with van der Waals surface area (Å²) in [4.78, 5) is 10.9. The van der Waals surface area contributed by atoms with Crippen molar-refractivity contribution in [2.24, 2.45) is 0 Å². The van der Waals surface area contributed by atoms with E-state index in [2.05, 4.69) is 5.32 Å². The van der Waals surface area contributed by atoms with Crippen LogP contribution in [0.3, 0.4) is 0 Å². The van der Waals surface area contributed by atoms with Crippen molar-refractivity contribution < 1.29 is 20.1 Å². The molecule has 0 spiro atoms. The molecule has 1 aliphatic heterocycles. The molecule has 1 fully saturated rings. The lowest BCUT2D eigenvalue weighted by Crippen LogP contribution is -2.62. The number of aliphatic hydroxyl groups is 2. The van der Waals surface area contributed by atoms with Crippen LogP contribution in [0.25, 0.3) is 0 Å². The van der Waals surface area contributed by atoms with Gasteiger partial charge in [-0.05, 0) is 0 Å². The quantitative estimate of drug-likeness (QED) is 0.316. The number of piperazine rings is 1. The number of rotatable bonds is 0. The van der Waals surface area contributed by atoms with Crippen LogP contribution < -0.4 is 5.32 Å². The minimum Gasteiger partial charge on any atom is -0.465 e. The van der Waals surface area contributed by atoms with E-state index >= 15 is 0 Å². The predicted octanol–water partition coefficient (Wildman–Crippen LogP) is -1.79. The molecule has 1 amide bonds. The van der Waals surface area contributed by atoms with E-state index in [0.717, 1.165) is 0 Å². The van der Waals surface area contributed by atoms with Crippen LogP contribution in [0.4, 0.5) is 4.79 Å². The fourth-order valence-electron chi connectivity index (χ4n) is 0.970. The molecule has 0 saturated carbocycles. The van der Waals surface area contributed by atoms with Crippen molar-refractivity contribution in [1.29, 1.82) is 0 Å². The van der Waals surface area contributed by atoms with E-state index in [9.17, 15) is 4.79 Å². The second kappa shape index (κ2) is 2.65. The number of amides is 1. The Kier molecular flexibility index (Phi) is 1.99. The normalized spacial score (nSPS) is 23.3. The summed E-state index contributed by atoms with van der Waals surface area (Å²) in [7, 11) is 0. The molecule has 1 aliphatic rings. The minimum absolute atomic E-state index is 0.0856. The molecular weight excluding hydrogens is 152 g/mol. The molecule has 6 nitrogen and oxygen atoms in total. The highest BCUT2D eigenvalue weighted by Crippen LogP contribution is 2.09. The van der Waals surface area contributed by atoms with Crippen LogP contribution >= 0.6 is 0 Å². The first kappa shape index (κ1) is 8.25. The number of hydrogen-bond acceptors (Lipinski definition) is 4. The van der Waals surface area contributed by atoms with Crippen LogP contribution in [0.5, 0.6) is 0 Å². The predicted molar refractivity (Wildman–Crippen MR) is 34.8 cm³/mol. The highest BCUT2D eigenvalue weighted by atomic mass is 16.5. The molecule has 1 rings (SSSR count). The molecule has 0 aromatic heterocycles. The summed E-state index contributed by atoms with van der Waals surface area (Å²) in [5.41, 5.74) is 0. The van der Waals surface area contributed by atoms with Crippen LogP contribution in [0.2, 0.25) is 0 Å². The van der Waals surface area contributed by atoms with E-state index in [1.807, 2.05) is 0 Å². The van der Waals surface area contributed by atoms with Gasteiger partial charge >= 0.3 is 6.09 Å². The zero-order chi connectivity index (χ0) is 8.48. The van der Waals surface area contributed by atoms with Crippen LogP contribution in [0, 0.1) is 0 Å². The smallest absolute Gasteiger partial charge is 0.411 e. The van der Waals surface area contributed by atoms with Gasteiger partial charge in [0, 0.05) is 13.1 Å². The lowest BCUT2D eigenvalue weighted by molar-refractivity contribution is -0.253. The fraction of sp³-hybridized carbons (Fsp3) is 0.800. The summed E-state index contributed by atoms with van der Waals surface area (Å²) in [6.45, 7) is 0.372. The summed E-state index contributed by atoms with van der Waals surface area (Å²) < 4.78 is 0. The summed E-state index contributed by atoms with van der Waals surface area (Å²) in [5.74, 6) is -2.26. The summed E-state index contributed by atoms with van der Waals surface area (Å²) in [6.07, 6.45) is -1.32. The minimum atomic E-state index is -2.26. The molecule has 1 saturated heterocycles. The van der Waals surface area contributed by atoms with E-state index in [1.165, 1.54) is 0 Å². The van der Waals surface area contributed by atoms with E-state index in [1.54, 1.807) is 0 Å². The molecule has 1 heterocycles. The van der Waals surface area contributed by atoms with Gasteiger partial charge < -0.3 is 20.6 Å². The molecule has 6 heteroatoms. The molecule has 0 aliphatic carbocycles. The lowest BCUT2D eigenvalue weighted by Gasteiger charge is -2.36. The molecule has 64 valence electrons. The Labute approximate surface area is 63.0 Å². The highest BCUT2D eigenvalue weighted by molar-refractivity contribution is 5.65. The molecule has 0 unspecified atom stereocenters. The van der Waals surface area contributed by atoms with E-state index in [0.29, 0.717) is 11.4 Å². The number of hydrogen-bond donors (Lipinski definition) is 4. The topological polar surface area (TPSA) is 93.0 Å². The van der Waals surface area contributed by atoms with Crippen molar-refractivity contribution in [3.05, 3.63) is 0 Å². The Morgan fingerprint density at radius 2 is 2.18 bits per heavy atom. The Morgan fingerprint density at radius 1 is 1.55 bits per heavy atom. The third kappa shape index (κ3) is 1.59. The summed E-state index contributed by atoms with van der Waals surface area (Å²) in [5, 5.41) is 29.2. The van der Waals surface area contributed by atoms with Crippen molar-refractivity contribution in [1.82, 2.24) is 10.2 Å². The van der Waals surface area contributed by atoms with Crippen LogP contribution in [-0.4, -0.2) is 51.9 Å². The first-order chi connectivity index (χ1) is 5.04. The van der Waals surface area contributed by atoms with Crippen molar-refractivity contribution in [3.63, 3.8) is 0 Å². The molecule has 0 radical (unpaired) electrons. The molecular formula is C5H10N2O4. The van der Waals surface area contributed by atoms with Crippen molar-refractivity contribution >= 4 is 6.09 Å². The van der Waals surface area contributed by atoms with Gasteiger partial charge in [-0.25, -0.2) is 4.79 Å². The maximum atomic E-state index is 10.3. The Balaban J connectivity index is 2.67. The Hall–Kier alpha value is -0.850. The van der Waals surface area contributed by atoms with E-state index in [4.69, 9.17) is 15.3 Å². The lowest BCUT2D eigenvalue weighted by atomic mass is 10.3. The third-order valence-corrected chi connectivity index (χ3v) is 1.54. The van der Waals surface area contributed by atoms with Gasteiger partial charge in [-0.1, -0.05) is 0 Å². The van der Waals surface area contributed by atoms with Crippen LogP contribution in [-0.2, 0) is 0 Å². The largest absolute Gasteiger partial charge is 0.465 e. The number of nitrogens with one attached hydrogen (secondary N) is 1. The fourth-order valence-corrected chi connectivity index (χ4v) is 0.970. The van der Waals surface area contributed by atoms with E-state index < -0.39 is 12.0 Å². The van der Waals surface area contributed by atoms with Gasteiger partial charge in [0.2, 0.25) is 0 Å². The van der Waals surface area contributed by atoms with Crippen LogP contribution in [0.1, 0.15) is 0 Å². The first-order valence-corrected chi connectivity index (χ1v) is 3.20. The number of β-amino-alcohol motifs (C(OH)–C–C–N with tert-alkyl or cyclic N) is 2. The molecule has 0 aromatic rings. The van der Waals surface area contributed by atoms with Gasteiger partial charge in [0.15, 0.2) is 0 Å². The highest BCUT2D eigenvalue weighted by Gasteiger charge is 2.37. The van der Waals surface area contributed by atoms with Gasteiger partial charge in [-0.3, -0.25) is 4.90 Å². The monoisotopic (exact) mass is 162 g/mol. The Bertz CT molecular complexity index is 170. The van der Waals surface area contributed by atoms with Crippen LogP contribution in [0.15, 0.2) is 0 Å². The molecule has 4 N–H and O–H groups in total. The number of nitrogens with zero attached hydrogens (tertiary/aromatic N) is 1. The van der Waals surface area contributed by atoms with Crippen molar-refractivity contribution in [3.8, 4) is 0 Å². The van der Waals surface area contributed by atoms with Crippen molar-refractivity contribution in [2.45, 2.75) is 5.91 Å². The van der Waals surface area contributed by atoms with Gasteiger partial charge in [0.25, 0.3) is 5.91 Å². The zero-order valence-corrected chi connectivity index (χ0v) is 5.82. The van der Waals surface area contributed by atoms with Gasteiger partial charge in [0.05, 0.1) is 6.54 Å². The summed E-state index contributed by atoms with van der Waals surface area (Å²) >= 11 is 0. The second-order valence-corrected chi connectivity index (χ2v) is 2.39. The maximum absolute atomic E-state index is 10.3. The second-order valence-electron chi connectivity index (χ2n) is 2.39. The molecule has 0 atom stereocenters. The Morgan fingerprint density at radius 3 is 2.55 bits per heavy atom. The SMILES string of the molecule is O=C(O)N1CCNCC1(O)O. The molecule has 0 aromatic carbocycles. The van der Waals surface area contributed by atoms with Gasteiger partial charge in [-0.2, -0.15) is 0 Å². The molecule has 0 bridgehead atoms. The van der Waals surface area contributed by atoms with Crippen molar-refractivity contribution in [2.75, 3.05) is 19.6 Å². The van der Waals surface area contributed by atoms with Gasteiger partial charge in [-0.15, -0.1) is 0 Å². The van der Waals surface area contributed by atoms with Gasteiger partial charge in [0.1, 0.15) is 0 Å². The summed E-state index contributed by atoms with van der Waals surface area (Å²) in [6, 6.07) is 0. The average Bonchev–Trinajstić information content (AvgIpc) is 1.85. The maximum Gasteiger partial charge on any atom is 0.411 e. The number of carbonyl (C=O) groups is 1. The van der Waals surface area contributed by atoms with E-state index in [-0.39, 0.29) is 13.1 Å². The number of carboxylic acid groups (broad SMARTS) is 1. The first-order valence-electron chi connectivity index (χ1n) is 3.20. The molecule has 11 heavy (non-hydrogen) atoms. The average molecular weight is 162 g/mol.